The molecular weight excluding hydrogens is 256 g/mol. The average molecular weight is 278 g/mol. The van der Waals surface area contributed by atoms with Crippen LogP contribution in [0, 0.1) is 0 Å². The molecule has 0 amide bonds. The Kier molecular flexibility index (Phi) is 3.40. The highest BCUT2D eigenvalue weighted by Crippen LogP contribution is 2.37. The Bertz CT molecular complexity index is 621. The van der Waals surface area contributed by atoms with Gasteiger partial charge in [0.25, 0.3) is 0 Å². The Labute approximate surface area is 126 Å². The zero-order chi connectivity index (χ0) is 14.1. The highest BCUT2D eigenvalue weighted by molar-refractivity contribution is 5.65. The third-order valence-electron chi connectivity index (χ3n) is 4.81. The molecule has 0 aliphatic carbocycles. The lowest BCUT2D eigenvalue weighted by Gasteiger charge is -2.26. The van der Waals surface area contributed by atoms with Crippen molar-refractivity contribution in [2.45, 2.75) is 25.3 Å². The van der Waals surface area contributed by atoms with E-state index in [4.69, 9.17) is 0 Å². The van der Waals surface area contributed by atoms with Crippen LogP contribution < -0.4 is 10.2 Å². The fourth-order valence-electron chi connectivity index (χ4n) is 3.83. The predicted octanol–water partition coefficient (Wildman–Crippen LogP) is 3.00. The number of hydrogen-bond acceptors (Lipinski definition) is 2. The molecule has 21 heavy (non-hydrogen) atoms. The van der Waals surface area contributed by atoms with Gasteiger partial charge in [0.1, 0.15) is 0 Å². The minimum absolute atomic E-state index is 0.701. The first-order chi connectivity index (χ1) is 10.4. The molecule has 0 spiro atoms. The van der Waals surface area contributed by atoms with Gasteiger partial charge in [-0.25, -0.2) is 0 Å². The molecule has 2 aliphatic heterocycles. The molecule has 2 aromatic carbocycles. The van der Waals surface area contributed by atoms with Crippen molar-refractivity contribution in [3.05, 3.63) is 65.2 Å². The first-order valence-electron chi connectivity index (χ1n) is 8.04. The van der Waals surface area contributed by atoms with E-state index in [-0.39, 0.29) is 0 Å². The highest BCUT2D eigenvalue weighted by Gasteiger charge is 2.31. The van der Waals surface area contributed by atoms with Gasteiger partial charge in [-0.3, -0.25) is 0 Å². The maximum Gasteiger partial charge on any atom is 0.0438 e. The van der Waals surface area contributed by atoms with Crippen molar-refractivity contribution in [2.24, 2.45) is 0 Å². The molecule has 108 valence electrons. The first kappa shape index (κ1) is 12.9. The summed E-state index contributed by atoms with van der Waals surface area (Å²) < 4.78 is 0. The van der Waals surface area contributed by atoms with Gasteiger partial charge in [-0.05, 0) is 42.5 Å². The van der Waals surface area contributed by atoms with Gasteiger partial charge in [-0.2, -0.15) is 0 Å². The standard InChI is InChI=1S/C19H22N2/c1-2-5-15(6-3-1)13-16-7-4-8-17-14-18-9-10-20-11-12-21(18)19(16)17/h1-8,18,20H,9-14H2. The molecule has 2 nitrogen and oxygen atoms in total. The van der Waals surface area contributed by atoms with Crippen LogP contribution in [0.25, 0.3) is 0 Å². The number of anilines is 1. The van der Waals surface area contributed by atoms with E-state index in [0.717, 1.165) is 26.1 Å². The fourth-order valence-corrected chi connectivity index (χ4v) is 3.83. The average Bonchev–Trinajstić information content (AvgIpc) is 2.72. The number of para-hydroxylation sites is 1. The van der Waals surface area contributed by atoms with E-state index in [2.05, 4.69) is 58.7 Å². The maximum absolute atomic E-state index is 3.53. The molecule has 2 aliphatic rings. The molecule has 4 rings (SSSR count). The van der Waals surface area contributed by atoms with E-state index in [1.54, 1.807) is 5.56 Å². The second-order valence-electron chi connectivity index (χ2n) is 6.18. The van der Waals surface area contributed by atoms with Crippen LogP contribution in [0.2, 0.25) is 0 Å². The molecule has 0 saturated carbocycles. The third kappa shape index (κ3) is 2.44. The minimum atomic E-state index is 0.701. The monoisotopic (exact) mass is 278 g/mol. The second kappa shape index (κ2) is 5.53. The largest absolute Gasteiger partial charge is 0.366 e. The summed E-state index contributed by atoms with van der Waals surface area (Å²) in [5.41, 5.74) is 5.97. The molecular formula is C19H22N2. The van der Waals surface area contributed by atoms with Gasteiger partial charge < -0.3 is 10.2 Å². The molecule has 1 atom stereocenters. The number of nitrogens with one attached hydrogen (secondary N) is 1. The van der Waals surface area contributed by atoms with Crippen molar-refractivity contribution in [2.75, 3.05) is 24.5 Å². The van der Waals surface area contributed by atoms with Gasteiger partial charge in [0, 0.05) is 24.8 Å². The van der Waals surface area contributed by atoms with E-state index in [1.807, 2.05) is 0 Å². The zero-order valence-electron chi connectivity index (χ0n) is 12.4. The summed E-state index contributed by atoms with van der Waals surface area (Å²) >= 11 is 0. The van der Waals surface area contributed by atoms with Crippen molar-refractivity contribution in [3.8, 4) is 0 Å². The lowest BCUT2D eigenvalue weighted by Crippen LogP contribution is -2.33. The number of fused-ring (bicyclic) bond motifs is 3. The SMILES string of the molecule is c1ccc(Cc2cccc3c2N2CCNCCC2C3)cc1. The van der Waals surface area contributed by atoms with E-state index in [0.29, 0.717) is 6.04 Å². The summed E-state index contributed by atoms with van der Waals surface area (Å²) in [6.07, 6.45) is 3.53. The Morgan fingerprint density at radius 1 is 1.00 bits per heavy atom. The quantitative estimate of drug-likeness (QED) is 0.908. The van der Waals surface area contributed by atoms with Gasteiger partial charge in [-0.1, -0.05) is 48.5 Å². The van der Waals surface area contributed by atoms with Crippen LogP contribution in [0.1, 0.15) is 23.1 Å². The van der Waals surface area contributed by atoms with E-state index in [9.17, 15) is 0 Å². The Morgan fingerprint density at radius 2 is 1.90 bits per heavy atom. The van der Waals surface area contributed by atoms with Crippen LogP contribution in [-0.4, -0.2) is 25.7 Å². The Balaban J connectivity index is 1.69. The molecule has 2 heteroatoms. The van der Waals surface area contributed by atoms with Crippen LogP contribution in [0.15, 0.2) is 48.5 Å². The molecule has 2 heterocycles. The van der Waals surface area contributed by atoms with Gasteiger partial charge in [0.15, 0.2) is 0 Å². The van der Waals surface area contributed by atoms with Crippen molar-refractivity contribution in [1.29, 1.82) is 0 Å². The summed E-state index contributed by atoms with van der Waals surface area (Å²) in [4.78, 5) is 2.66. The van der Waals surface area contributed by atoms with Crippen LogP contribution in [0.5, 0.6) is 0 Å². The molecule has 2 aromatic rings. The van der Waals surface area contributed by atoms with Gasteiger partial charge in [-0.15, -0.1) is 0 Å². The normalized spacial score (nSPS) is 20.8. The fraction of sp³-hybridized carbons (Fsp3) is 0.368. The number of nitrogens with zero attached hydrogens (tertiary/aromatic N) is 1. The predicted molar refractivity (Wildman–Crippen MR) is 88.0 cm³/mol. The van der Waals surface area contributed by atoms with Crippen molar-refractivity contribution in [3.63, 3.8) is 0 Å². The number of benzene rings is 2. The molecule has 1 saturated heterocycles. The Hall–Kier alpha value is -1.80. The second-order valence-corrected chi connectivity index (χ2v) is 6.18. The third-order valence-corrected chi connectivity index (χ3v) is 4.81. The Morgan fingerprint density at radius 3 is 2.81 bits per heavy atom. The van der Waals surface area contributed by atoms with Crippen molar-refractivity contribution in [1.82, 2.24) is 5.32 Å². The summed E-state index contributed by atoms with van der Waals surface area (Å²) in [5.74, 6) is 0. The smallest absolute Gasteiger partial charge is 0.0438 e. The summed E-state index contributed by atoms with van der Waals surface area (Å²) in [5, 5.41) is 3.53. The molecule has 0 radical (unpaired) electrons. The summed E-state index contributed by atoms with van der Waals surface area (Å²) in [6, 6.07) is 18.4. The molecule has 1 fully saturated rings. The van der Waals surface area contributed by atoms with Gasteiger partial charge in [0.05, 0.1) is 0 Å². The molecule has 0 aromatic heterocycles. The summed E-state index contributed by atoms with van der Waals surface area (Å²) in [7, 11) is 0. The van der Waals surface area contributed by atoms with E-state index >= 15 is 0 Å². The topological polar surface area (TPSA) is 15.3 Å². The van der Waals surface area contributed by atoms with Crippen LogP contribution in [0.4, 0.5) is 5.69 Å². The van der Waals surface area contributed by atoms with Crippen molar-refractivity contribution < 1.29 is 0 Å². The van der Waals surface area contributed by atoms with Gasteiger partial charge >= 0.3 is 0 Å². The molecule has 0 bridgehead atoms. The minimum Gasteiger partial charge on any atom is -0.366 e. The van der Waals surface area contributed by atoms with Crippen LogP contribution in [-0.2, 0) is 12.8 Å². The van der Waals surface area contributed by atoms with E-state index in [1.165, 1.54) is 29.7 Å². The molecule has 1 unspecified atom stereocenters. The number of hydrogen-bond donors (Lipinski definition) is 1. The molecule has 1 N–H and O–H groups in total. The summed E-state index contributed by atoms with van der Waals surface area (Å²) in [6.45, 7) is 3.41. The zero-order valence-corrected chi connectivity index (χ0v) is 12.4. The van der Waals surface area contributed by atoms with Crippen LogP contribution >= 0.6 is 0 Å². The highest BCUT2D eigenvalue weighted by atomic mass is 15.2. The first-order valence-corrected chi connectivity index (χ1v) is 8.04. The lowest BCUT2D eigenvalue weighted by atomic mass is 10.00. The van der Waals surface area contributed by atoms with Crippen LogP contribution in [0.3, 0.4) is 0 Å². The number of rotatable bonds is 2. The van der Waals surface area contributed by atoms with Crippen molar-refractivity contribution >= 4 is 5.69 Å². The van der Waals surface area contributed by atoms with E-state index < -0.39 is 0 Å². The van der Waals surface area contributed by atoms with Gasteiger partial charge in [0.2, 0.25) is 0 Å². The maximum atomic E-state index is 3.53. The lowest BCUT2D eigenvalue weighted by molar-refractivity contribution is 0.612.